The van der Waals surface area contributed by atoms with Crippen molar-refractivity contribution < 1.29 is 4.79 Å². The standard InChI is InChI=1S/C12H24N2OS/c1-9(16-2)6-7-14-12(15)11-5-3-4-10(11)8-13/h9-11H,3-8,13H2,1-2H3,(H,14,15). The summed E-state index contributed by atoms with van der Waals surface area (Å²) in [4.78, 5) is 11.9. The van der Waals surface area contributed by atoms with Crippen LogP contribution in [-0.4, -0.2) is 30.5 Å². The molecule has 3 nitrogen and oxygen atoms in total. The van der Waals surface area contributed by atoms with Gasteiger partial charge in [0.1, 0.15) is 0 Å². The lowest BCUT2D eigenvalue weighted by Gasteiger charge is -2.18. The molecule has 1 saturated carbocycles. The van der Waals surface area contributed by atoms with Crippen molar-refractivity contribution in [2.45, 2.75) is 37.9 Å². The van der Waals surface area contributed by atoms with Gasteiger partial charge >= 0.3 is 0 Å². The van der Waals surface area contributed by atoms with E-state index < -0.39 is 0 Å². The topological polar surface area (TPSA) is 55.1 Å². The molecule has 0 aromatic heterocycles. The minimum Gasteiger partial charge on any atom is -0.356 e. The fraction of sp³-hybridized carbons (Fsp3) is 0.917. The first-order valence-electron chi connectivity index (χ1n) is 6.19. The monoisotopic (exact) mass is 244 g/mol. The van der Waals surface area contributed by atoms with Crippen LogP contribution in [-0.2, 0) is 4.79 Å². The Kier molecular flexibility index (Phi) is 6.21. The minimum absolute atomic E-state index is 0.176. The summed E-state index contributed by atoms with van der Waals surface area (Å²) in [5.41, 5.74) is 5.68. The van der Waals surface area contributed by atoms with Gasteiger partial charge < -0.3 is 11.1 Å². The van der Waals surface area contributed by atoms with Crippen molar-refractivity contribution >= 4 is 17.7 Å². The average molecular weight is 244 g/mol. The minimum atomic E-state index is 0.176. The van der Waals surface area contributed by atoms with Crippen LogP contribution in [0, 0.1) is 11.8 Å². The highest BCUT2D eigenvalue weighted by molar-refractivity contribution is 7.99. The molecule has 1 amide bonds. The molecule has 1 rings (SSSR count). The number of carbonyl (C=O) groups excluding carboxylic acids is 1. The van der Waals surface area contributed by atoms with E-state index in [2.05, 4.69) is 18.5 Å². The summed E-state index contributed by atoms with van der Waals surface area (Å²) in [6.45, 7) is 3.64. The normalized spacial score (nSPS) is 26.7. The van der Waals surface area contributed by atoms with E-state index in [1.54, 1.807) is 0 Å². The SMILES string of the molecule is CSC(C)CCNC(=O)C1CCCC1CN. The van der Waals surface area contributed by atoms with E-state index in [1.807, 2.05) is 11.8 Å². The Hall–Kier alpha value is -0.220. The molecule has 0 aromatic carbocycles. The lowest BCUT2D eigenvalue weighted by molar-refractivity contribution is -0.125. The zero-order chi connectivity index (χ0) is 12.0. The van der Waals surface area contributed by atoms with Crippen molar-refractivity contribution in [2.75, 3.05) is 19.3 Å². The molecule has 3 N–H and O–H groups in total. The van der Waals surface area contributed by atoms with E-state index in [9.17, 15) is 4.79 Å². The summed E-state index contributed by atoms with van der Waals surface area (Å²) >= 11 is 1.84. The van der Waals surface area contributed by atoms with Gasteiger partial charge in [-0.3, -0.25) is 4.79 Å². The van der Waals surface area contributed by atoms with Gasteiger partial charge in [0, 0.05) is 17.7 Å². The highest BCUT2D eigenvalue weighted by Crippen LogP contribution is 2.30. The number of nitrogens with one attached hydrogen (secondary N) is 1. The molecule has 94 valence electrons. The highest BCUT2D eigenvalue weighted by Gasteiger charge is 2.31. The molecular weight excluding hydrogens is 220 g/mol. The maximum atomic E-state index is 11.9. The Morgan fingerprint density at radius 2 is 2.31 bits per heavy atom. The van der Waals surface area contributed by atoms with E-state index in [-0.39, 0.29) is 11.8 Å². The summed E-state index contributed by atoms with van der Waals surface area (Å²) in [6.07, 6.45) is 6.45. The summed E-state index contributed by atoms with van der Waals surface area (Å²) < 4.78 is 0. The number of nitrogens with two attached hydrogens (primary N) is 1. The quantitative estimate of drug-likeness (QED) is 0.746. The zero-order valence-corrected chi connectivity index (χ0v) is 11.2. The van der Waals surface area contributed by atoms with Crippen LogP contribution in [0.1, 0.15) is 32.6 Å². The van der Waals surface area contributed by atoms with E-state index >= 15 is 0 Å². The van der Waals surface area contributed by atoms with Crippen LogP contribution >= 0.6 is 11.8 Å². The fourth-order valence-corrected chi connectivity index (χ4v) is 2.67. The molecule has 0 spiro atoms. The van der Waals surface area contributed by atoms with Gasteiger partial charge in [-0.2, -0.15) is 11.8 Å². The number of rotatable bonds is 6. The predicted molar refractivity (Wildman–Crippen MR) is 70.5 cm³/mol. The van der Waals surface area contributed by atoms with Crippen molar-refractivity contribution in [3.05, 3.63) is 0 Å². The first-order chi connectivity index (χ1) is 7.69. The maximum Gasteiger partial charge on any atom is 0.223 e. The lowest BCUT2D eigenvalue weighted by Crippen LogP contribution is -2.36. The van der Waals surface area contributed by atoms with Crippen molar-refractivity contribution in [1.29, 1.82) is 0 Å². The van der Waals surface area contributed by atoms with E-state index in [0.29, 0.717) is 17.7 Å². The average Bonchev–Trinajstić information content (AvgIpc) is 2.76. The Balaban J connectivity index is 2.24. The van der Waals surface area contributed by atoms with Crippen LogP contribution in [0.4, 0.5) is 0 Å². The van der Waals surface area contributed by atoms with Crippen molar-refractivity contribution in [3.63, 3.8) is 0 Å². The summed E-state index contributed by atoms with van der Waals surface area (Å²) in [5.74, 6) is 0.814. The van der Waals surface area contributed by atoms with Crippen molar-refractivity contribution in [2.24, 2.45) is 17.6 Å². The van der Waals surface area contributed by atoms with Crippen molar-refractivity contribution in [1.82, 2.24) is 5.32 Å². The number of thioether (sulfide) groups is 1. The van der Waals surface area contributed by atoms with Crippen LogP contribution in [0.2, 0.25) is 0 Å². The molecule has 0 radical (unpaired) electrons. The molecule has 1 aliphatic carbocycles. The van der Waals surface area contributed by atoms with Gasteiger partial charge in [0.25, 0.3) is 0 Å². The Morgan fingerprint density at radius 1 is 1.56 bits per heavy atom. The van der Waals surface area contributed by atoms with Gasteiger partial charge in [-0.25, -0.2) is 0 Å². The molecule has 4 heteroatoms. The maximum absolute atomic E-state index is 11.9. The molecule has 3 unspecified atom stereocenters. The van der Waals surface area contributed by atoms with Crippen molar-refractivity contribution in [3.8, 4) is 0 Å². The number of hydrogen-bond donors (Lipinski definition) is 2. The second-order valence-electron chi connectivity index (χ2n) is 4.66. The number of carbonyl (C=O) groups is 1. The summed E-state index contributed by atoms with van der Waals surface area (Å²) in [5, 5.41) is 3.67. The second kappa shape index (κ2) is 7.17. The van der Waals surface area contributed by atoms with E-state index in [0.717, 1.165) is 32.2 Å². The summed E-state index contributed by atoms with van der Waals surface area (Å²) in [7, 11) is 0. The molecule has 0 aromatic rings. The molecule has 1 fully saturated rings. The summed E-state index contributed by atoms with van der Waals surface area (Å²) in [6, 6.07) is 0. The highest BCUT2D eigenvalue weighted by atomic mass is 32.2. The molecule has 0 aliphatic heterocycles. The van der Waals surface area contributed by atoms with Crippen LogP contribution < -0.4 is 11.1 Å². The molecular formula is C12H24N2OS. The number of hydrogen-bond acceptors (Lipinski definition) is 3. The third-order valence-electron chi connectivity index (χ3n) is 3.55. The third kappa shape index (κ3) is 3.98. The van der Waals surface area contributed by atoms with Gasteiger partial charge in [-0.1, -0.05) is 13.3 Å². The Labute approximate surface area is 103 Å². The lowest BCUT2D eigenvalue weighted by atomic mass is 9.95. The van der Waals surface area contributed by atoms with Crippen LogP contribution in [0.15, 0.2) is 0 Å². The molecule has 16 heavy (non-hydrogen) atoms. The van der Waals surface area contributed by atoms with Crippen LogP contribution in [0.5, 0.6) is 0 Å². The van der Waals surface area contributed by atoms with Gasteiger partial charge in [0.2, 0.25) is 5.91 Å². The van der Waals surface area contributed by atoms with Crippen LogP contribution in [0.25, 0.3) is 0 Å². The smallest absolute Gasteiger partial charge is 0.223 e. The van der Waals surface area contributed by atoms with Gasteiger partial charge in [-0.05, 0) is 38.0 Å². The zero-order valence-electron chi connectivity index (χ0n) is 10.4. The van der Waals surface area contributed by atoms with E-state index in [4.69, 9.17) is 5.73 Å². The first-order valence-corrected chi connectivity index (χ1v) is 7.48. The molecule has 0 bridgehead atoms. The first kappa shape index (κ1) is 13.8. The second-order valence-corrected chi connectivity index (χ2v) is 5.94. The molecule has 0 heterocycles. The molecule has 1 aliphatic rings. The van der Waals surface area contributed by atoms with Gasteiger partial charge in [0.15, 0.2) is 0 Å². The number of amides is 1. The molecule has 0 saturated heterocycles. The Morgan fingerprint density at radius 3 is 2.94 bits per heavy atom. The van der Waals surface area contributed by atoms with Crippen LogP contribution in [0.3, 0.4) is 0 Å². The van der Waals surface area contributed by atoms with E-state index in [1.165, 1.54) is 0 Å². The molecule has 3 atom stereocenters. The fourth-order valence-electron chi connectivity index (χ4n) is 2.31. The Bertz CT molecular complexity index is 223. The van der Waals surface area contributed by atoms with Gasteiger partial charge in [-0.15, -0.1) is 0 Å². The largest absolute Gasteiger partial charge is 0.356 e. The predicted octanol–water partition coefficient (Wildman–Crippen LogP) is 1.62. The third-order valence-corrected chi connectivity index (χ3v) is 4.59. The van der Waals surface area contributed by atoms with Gasteiger partial charge in [0.05, 0.1) is 0 Å².